The molecule has 30 heavy (non-hydrogen) atoms. The van der Waals surface area contributed by atoms with Crippen molar-refractivity contribution < 1.29 is 13.9 Å². The van der Waals surface area contributed by atoms with Gasteiger partial charge < -0.3 is 21.1 Å². The molecule has 0 aliphatic carbocycles. The summed E-state index contributed by atoms with van der Waals surface area (Å²) < 4.78 is 21.9. The third-order valence-electron chi connectivity index (χ3n) is 5.23. The van der Waals surface area contributed by atoms with Crippen LogP contribution < -0.4 is 21.1 Å². The maximum Gasteiger partial charge on any atom is 0.259 e. The average molecular weight is 411 g/mol. The van der Waals surface area contributed by atoms with E-state index in [1.807, 2.05) is 24.0 Å². The number of benzene rings is 1. The number of nitrogen functional groups attached to an aromatic ring is 1. The van der Waals surface area contributed by atoms with Gasteiger partial charge >= 0.3 is 0 Å². The number of ether oxygens (including phenoxy) is 1. The number of anilines is 2. The number of carbonyl (C=O) groups excluding carboxylic acids is 1. The molecule has 1 unspecified atom stereocenters. The van der Waals surface area contributed by atoms with E-state index in [-0.39, 0.29) is 42.1 Å². The van der Waals surface area contributed by atoms with Crippen molar-refractivity contribution in [3.05, 3.63) is 40.7 Å². The zero-order valence-corrected chi connectivity index (χ0v) is 16.6. The maximum absolute atomic E-state index is 14.4. The highest BCUT2D eigenvalue weighted by molar-refractivity contribution is 6.03. The molecule has 4 rings (SSSR count). The molecule has 0 radical (unpaired) electrons. The molecule has 1 aromatic heterocycles. The van der Waals surface area contributed by atoms with Gasteiger partial charge in [-0.25, -0.2) is 9.07 Å². The minimum atomic E-state index is -0.596. The number of nitrogens with one attached hydrogen (secondary N) is 2. The summed E-state index contributed by atoms with van der Waals surface area (Å²) in [5, 5.41) is 19.8. The lowest BCUT2D eigenvalue weighted by atomic mass is 10.1. The van der Waals surface area contributed by atoms with Crippen LogP contribution in [0.5, 0.6) is 5.75 Å². The third-order valence-corrected chi connectivity index (χ3v) is 5.23. The Hall–Kier alpha value is -3.58. The summed E-state index contributed by atoms with van der Waals surface area (Å²) in [5.74, 6) is 0.0367. The molecule has 4 N–H and O–H groups in total. The largest absolute Gasteiger partial charge is 0.488 e. The molecule has 2 aromatic rings. The molecule has 0 saturated heterocycles. The van der Waals surface area contributed by atoms with E-state index in [2.05, 4.69) is 15.7 Å². The molecule has 1 amide bonds. The Balaban J connectivity index is 1.83. The van der Waals surface area contributed by atoms with E-state index >= 15 is 0 Å². The first kappa shape index (κ1) is 19.7. The zero-order valence-electron chi connectivity index (χ0n) is 16.6. The fourth-order valence-corrected chi connectivity index (χ4v) is 3.67. The van der Waals surface area contributed by atoms with E-state index in [1.165, 1.54) is 16.8 Å². The minimum absolute atomic E-state index is 0.0492. The van der Waals surface area contributed by atoms with Gasteiger partial charge in [0.1, 0.15) is 41.3 Å². The molecule has 2 atom stereocenters. The number of halogens is 1. The molecule has 2 bridgehead atoms. The summed E-state index contributed by atoms with van der Waals surface area (Å²) in [5.41, 5.74) is 6.67. The highest BCUT2D eigenvalue weighted by Gasteiger charge is 2.30. The van der Waals surface area contributed by atoms with Gasteiger partial charge in [0.05, 0.1) is 12.1 Å². The predicted octanol–water partition coefficient (Wildman–Crippen LogP) is 1.73. The van der Waals surface area contributed by atoms with Crippen molar-refractivity contribution in [3.8, 4) is 11.8 Å². The van der Waals surface area contributed by atoms with Crippen LogP contribution in [0.25, 0.3) is 6.20 Å². The second-order valence-electron chi connectivity index (χ2n) is 7.20. The Kier molecular flexibility index (Phi) is 5.05. The molecule has 9 nitrogen and oxygen atoms in total. The molecule has 0 fully saturated rings. The molecule has 156 valence electrons. The Morgan fingerprint density at radius 3 is 3.00 bits per heavy atom. The van der Waals surface area contributed by atoms with Crippen molar-refractivity contribution in [3.63, 3.8) is 0 Å². The maximum atomic E-state index is 14.4. The molecule has 2 aliphatic rings. The van der Waals surface area contributed by atoms with Gasteiger partial charge in [-0.3, -0.25) is 9.69 Å². The van der Waals surface area contributed by atoms with Crippen molar-refractivity contribution in [2.75, 3.05) is 24.1 Å². The van der Waals surface area contributed by atoms with Crippen molar-refractivity contribution in [1.29, 1.82) is 5.26 Å². The average Bonchev–Trinajstić information content (AvgIpc) is 3.06. The van der Waals surface area contributed by atoms with Crippen LogP contribution in [0, 0.1) is 17.1 Å². The third kappa shape index (κ3) is 3.33. The van der Waals surface area contributed by atoms with Gasteiger partial charge in [-0.05, 0) is 31.7 Å². The number of nitrogens with zero attached hydrogens (tertiary/aromatic N) is 4. The SMILES string of the molecule is CCN1Cc2c(ccc(F)c2C#N)O[C@@H](C)CNC(=O)c2c(N)nn3c2NC1C=C3. The van der Waals surface area contributed by atoms with Crippen molar-refractivity contribution in [2.45, 2.75) is 32.7 Å². The lowest BCUT2D eigenvalue weighted by Gasteiger charge is -2.32. The monoisotopic (exact) mass is 411 g/mol. The number of amides is 1. The molecule has 0 saturated carbocycles. The Labute approximate surface area is 172 Å². The lowest BCUT2D eigenvalue weighted by Crippen LogP contribution is -2.41. The number of nitriles is 1. The van der Waals surface area contributed by atoms with Crippen molar-refractivity contribution >= 4 is 23.7 Å². The summed E-state index contributed by atoms with van der Waals surface area (Å²) in [6.07, 6.45) is 2.83. The van der Waals surface area contributed by atoms with Crippen LogP contribution in [0.4, 0.5) is 16.0 Å². The van der Waals surface area contributed by atoms with Gasteiger partial charge in [0.25, 0.3) is 5.91 Å². The van der Waals surface area contributed by atoms with Gasteiger partial charge in [0, 0.05) is 18.3 Å². The minimum Gasteiger partial charge on any atom is -0.488 e. The van der Waals surface area contributed by atoms with E-state index in [1.54, 1.807) is 13.1 Å². The van der Waals surface area contributed by atoms with Gasteiger partial charge in [-0.1, -0.05) is 6.92 Å². The quantitative estimate of drug-likeness (QED) is 0.653. The first-order valence-electron chi connectivity index (χ1n) is 9.66. The van der Waals surface area contributed by atoms with Gasteiger partial charge in [-0.15, -0.1) is 5.10 Å². The number of likely N-dealkylation sites (N-methyl/N-ethyl adjacent to an activating group) is 1. The van der Waals surface area contributed by atoms with Gasteiger partial charge in [0.2, 0.25) is 0 Å². The number of carbonyl (C=O) groups is 1. The molecule has 1 aromatic carbocycles. The number of hydrogen-bond donors (Lipinski definition) is 3. The van der Waals surface area contributed by atoms with Crippen LogP contribution in [0.1, 0.15) is 35.3 Å². The molecule has 3 heterocycles. The standard InChI is InChI=1S/C20H22FN7O2/c1-3-27-10-13-12(8-22)14(21)4-5-15(13)30-11(2)9-24-20(29)17-18(23)26-28-7-6-16(27)25-19(17)28/h4-7,11,16,25H,3,9-10H2,1-2H3,(H2,23,26)(H,24,29)/t11-,16?/m0/s1. The van der Waals surface area contributed by atoms with E-state index < -0.39 is 11.9 Å². The second kappa shape index (κ2) is 7.68. The highest BCUT2D eigenvalue weighted by Crippen LogP contribution is 2.31. The van der Waals surface area contributed by atoms with Gasteiger partial charge in [-0.2, -0.15) is 5.26 Å². The summed E-state index contributed by atoms with van der Waals surface area (Å²) in [6.45, 7) is 4.78. The topological polar surface area (TPSA) is 121 Å². The summed E-state index contributed by atoms with van der Waals surface area (Å²) in [7, 11) is 0. The smallest absolute Gasteiger partial charge is 0.259 e. The Morgan fingerprint density at radius 2 is 2.27 bits per heavy atom. The summed E-state index contributed by atoms with van der Waals surface area (Å²) >= 11 is 0. The summed E-state index contributed by atoms with van der Waals surface area (Å²) in [4.78, 5) is 14.8. The van der Waals surface area contributed by atoms with Crippen LogP contribution in [-0.2, 0) is 6.54 Å². The Morgan fingerprint density at radius 1 is 1.47 bits per heavy atom. The molecule has 0 spiro atoms. The number of fused-ring (bicyclic) bond motifs is 2. The van der Waals surface area contributed by atoms with Crippen molar-refractivity contribution in [1.82, 2.24) is 20.0 Å². The fourth-order valence-electron chi connectivity index (χ4n) is 3.67. The molecular weight excluding hydrogens is 389 g/mol. The first-order chi connectivity index (χ1) is 14.4. The second-order valence-corrected chi connectivity index (χ2v) is 7.20. The fraction of sp³-hybridized carbons (Fsp3) is 0.350. The van der Waals surface area contributed by atoms with E-state index in [0.29, 0.717) is 23.7 Å². The number of nitrogens with two attached hydrogens (primary N) is 1. The molecule has 2 aliphatic heterocycles. The number of hydrogen-bond acceptors (Lipinski definition) is 7. The van der Waals surface area contributed by atoms with Crippen LogP contribution >= 0.6 is 0 Å². The van der Waals surface area contributed by atoms with Crippen LogP contribution in [-0.4, -0.2) is 45.9 Å². The van der Waals surface area contributed by atoms with Crippen LogP contribution in [0.3, 0.4) is 0 Å². The summed E-state index contributed by atoms with van der Waals surface area (Å²) in [6, 6.07) is 4.70. The molecule has 10 heteroatoms. The number of rotatable bonds is 1. The lowest BCUT2D eigenvalue weighted by molar-refractivity contribution is 0.0933. The van der Waals surface area contributed by atoms with Crippen LogP contribution in [0.2, 0.25) is 0 Å². The number of aromatic nitrogens is 2. The molecular formula is C20H22FN7O2. The normalized spacial score (nSPS) is 21.1. The van der Waals surface area contributed by atoms with E-state index in [0.717, 1.165) is 0 Å². The Bertz CT molecular complexity index is 1070. The van der Waals surface area contributed by atoms with E-state index in [9.17, 15) is 14.4 Å². The van der Waals surface area contributed by atoms with Crippen LogP contribution in [0.15, 0.2) is 18.2 Å². The first-order valence-corrected chi connectivity index (χ1v) is 9.66. The highest BCUT2D eigenvalue weighted by atomic mass is 19.1. The predicted molar refractivity (Wildman–Crippen MR) is 109 cm³/mol. The van der Waals surface area contributed by atoms with Gasteiger partial charge in [0.15, 0.2) is 5.82 Å². The zero-order chi connectivity index (χ0) is 21.4. The van der Waals surface area contributed by atoms with E-state index in [4.69, 9.17) is 10.5 Å². The van der Waals surface area contributed by atoms with Crippen molar-refractivity contribution in [2.24, 2.45) is 0 Å².